The van der Waals surface area contributed by atoms with Crippen LogP contribution >= 0.6 is 0 Å². The molecule has 2 aromatic carbocycles. The Balaban J connectivity index is 2.02. The summed E-state index contributed by atoms with van der Waals surface area (Å²) >= 11 is 0. The fourth-order valence-corrected chi connectivity index (χ4v) is 3.21. The van der Waals surface area contributed by atoms with Crippen LogP contribution in [0.25, 0.3) is 0 Å². The van der Waals surface area contributed by atoms with Crippen LogP contribution in [0.5, 0.6) is 5.75 Å². The summed E-state index contributed by atoms with van der Waals surface area (Å²) in [5.74, 6) is 0.00317. The summed E-state index contributed by atoms with van der Waals surface area (Å²) in [6, 6.07) is 15.5. The molecule has 3 N–H and O–H groups in total. The second-order valence-corrected chi connectivity index (χ2v) is 7.14. The van der Waals surface area contributed by atoms with Crippen molar-refractivity contribution in [2.24, 2.45) is 5.73 Å². The third-order valence-electron chi connectivity index (χ3n) is 4.73. The molecule has 146 valence electrons. The molecule has 1 aliphatic rings. The van der Waals surface area contributed by atoms with Crippen molar-refractivity contribution in [3.63, 3.8) is 0 Å². The number of hydrogen-bond acceptors (Lipinski definition) is 6. The number of aliphatic hydroxyl groups is 1. The zero-order valence-electron chi connectivity index (χ0n) is 15.8. The van der Waals surface area contributed by atoms with Gasteiger partial charge in [0, 0.05) is 5.56 Å². The Labute approximate surface area is 163 Å². The lowest BCUT2D eigenvalue weighted by Gasteiger charge is -2.45. The molecule has 3 rings (SSSR count). The average Bonchev–Trinajstić information content (AvgIpc) is 2.70. The van der Waals surface area contributed by atoms with Crippen molar-refractivity contribution in [1.82, 2.24) is 5.06 Å². The topological polar surface area (TPSA) is 109 Å². The molecule has 0 saturated carbocycles. The molecule has 28 heavy (non-hydrogen) atoms. The highest BCUT2D eigenvalue weighted by Crippen LogP contribution is 2.43. The lowest BCUT2D eigenvalue weighted by molar-refractivity contribution is -0.232. The molecule has 1 aliphatic heterocycles. The van der Waals surface area contributed by atoms with Crippen LogP contribution in [0.1, 0.15) is 36.6 Å². The van der Waals surface area contributed by atoms with Crippen LogP contribution in [-0.2, 0) is 16.2 Å². The van der Waals surface area contributed by atoms with Crippen LogP contribution in [-0.4, -0.2) is 34.3 Å². The summed E-state index contributed by atoms with van der Waals surface area (Å²) in [5.41, 5.74) is 6.38. The lowest BCUT2D eigenvalue weighted by atomic mass is 9.85. The second kappa shape index (κ2) is 7.98. The summed E-state index contributed by atoms with van der Waals surface area (Å²) < 4.78 is 5.90. The molecule has 0 aromatic heterocycles. The van der Waals surface area contributed by atoms with Gasteiger partial charge in [-0.05, 0) is 37.6 Å². The van der Waals surface area contributed by atoms with Crippen molar-refractivity contribution >= 4 is 5.91 Å². The molecule has 0 saturated heterocycles. The van der Waals surface area contributed by atoms with E-state index in [1.165, 1.54) is 0 Å². The second-order valence-electron chi connectivity index (χ2n) is 7.14. The summed E-state index contributed by atoms with van der Waals surface area (Å²) in [7, 11) is 0. The van der Waals surface area contributed by atoms with E-state index < -0.39 is 23.7 Å². The monoisotopic (exact) mass is 381 g/mol. The third-order valence-corrected chi connectivity index (χ3v) is 4.73. The first kappa shape index (κ1) is 19.8. The van der Waals surface area contributed by atoms with Crippen LogP contribution in [0.3, 0.4) is 0 Å². The number of hydroxylamine groups is 2. The van der Waals surface area contributed by atoms with Gasteiger partial charge in [-0.1, -0.05) is 30.3 Å². The Bertz CT molecular complexity index is 892. The summed E-state index contributed by atoms with van der Waals surface area (Å²) in [6.45, 7) is 3.30. The van der Waals surface area contributed by atoms with Gasteiger partial charge in [0.25, 0.3) is 5.91 Å². The molecule has 0 aliphatic carbocycles. The summed E-state index contributed by atoms with van der Waals surface area (Å²) in [5, 5.41) is 21.4. The van der Waals surface area contributed by atoms with Gasteiger partial charge < -0.3 is 15.6 Å². The van der Waals surface area contributed by atoms with Crippen LogP contribution in [0, 0.1) is 11.3 Å². The smallest absolute Gasteiger partial charge is 0.260 e. The molecule has 7 heteroatoms. The number of benzene rings is 2. The van der Waals surface area contributed by atoms with Gasteiger partial charge in [0.15, 0.2) is 0 Å². The van der Waals surface area contributed by atoms with Crippen molar-refractivity contribution in [3.8, 4) is 11.8 Å². The lowest BCUT2D eigenvalue weighted by Crippen LogP contribution is -2.55. The fraction of sp³-hybridized carbons (Fsp3) is 0.333. The highest BCUT2D eigenvalue weighted by molar-refractivity contribution is 5.77. The number of aliphatic hydroxyl groups excluding tert-OH is 1. The van der Waals surface area contributed by atoms with Crippen molar-refractivity contribution in [2.75, 3.05) is 6.54 Å². The highest BCUT2D eigenvalue weighted by Gasteiger charge is 2.47. The Hall–Kier alpha value is -2.92. The van der Waals surface area contributed by atoms with Gasteiger partial charge in [-0.2, -0.15) is 5.26 Å². The molecule has 0 bridgehead atoms. The number of hydrogen-bond donors (Lipinski definition) is 2. The van der Waals surface area contributed by atoms with Crippen molar-refractivity contribution in [2.45, 2.75) is 38.2 Å². The number of nitrogens with zero attached hydrogens (tertiary/aromatic N) is 2. The number of nitriles is 1. The van der Waals surface area contributed by atoms with E-state index in [1.807, 2.05) is 30.3 Å². The quantitative estimate of drug-likeness (QED) is 0.768. The summed E-state index contributed by atoms with van der Waals surface area (Å²) in [6.07, 6.45) is -1.10. The number of rotatable bonds is 5. The number of ether oxygens (including phenoxy) is 1. The van der Waals surface area contributed by atoms with Crippen LogP contribution in [0.2, 0.25) is 0 Å². The Kier molecular flexibility index (Phi) is 5.66. The van der Waals surface area contributed by atoms with E-state index >= 15 is 0 Å². The van der Waals surface area contributed by atoms with Crippen LogP contribution in [0.15, 0.2) is 48.5 Å². The normalized spacial score (nSPS) is 19.8. The first-order valence-corrected chi connectivity index (χ1v) is 8.97. The van der Waals surface area contributed by atoms with Gasteiger partial charge in [0.05, 0.1) is 18.2 Å². The van der Waals surface area contributed by atoms with E-state index in [-0.39, 0.29) is 13.2 Å². The third kappa shape index (κ3) is 3.85. The van der Waals surface area contributed by atoms with Crippen LogP contribution in [0.4, 0.5) is 0 Å². The van der Waals surface area contributed by atoms with Gasteiger partial charge in [-0.25, -0.2) is 5.06 Å². The van der Waals surface area contributed by atoms with Crippen molar-refractivity contribution < 1.29 is 19.5 Å². The Morgan fingerprint density at radius 3 is 2.68 bits per heavy atom. The largest absolute Gasteiger partial charge is 0.485 e. The standard InChI is InChI=1S/C21H23N3O4/c1-21(2)20(26)19(16-10-15(11-22)8-9-17(16)28-21)24(18(25)12-23)27-13-14-6-4-3-5-7-14/h3-10,19-20,26H,12-13,23H2,1-2H3/t19-,20+/m0/s1. The minimum atomic E-state index is -1.10. The highest BCUT2D eigenvalue weighted by atomic mass is 16.7. The van der Waals surface area contributed by atoms with Crippen LogP contribution < -0.4 is 10.5 Å². The van der Waals surface area contributed by atoms with Crippen molar-refractivity contribution in [1.29, 1.82) is 5.26 Å². The van der Waals surface area contributed by atoms with E-state index in [1.54, 1.807) is 32.0 Å². The maximum absolute atomic E-state index is 12.6. The number of fused-ring (bicyclic) bond motifs is 1. The van der Waals surface area contributed by atoms with Gasteiger partial charge in [-0.15, -0.1) is 0 Å². The van der Waals surface area contributed by atoms with E-state index in [0.29, 0.717) is 16.9 Å². The summed E-state index contributed by atoms with van der Waals surface area (Å²) in [4.78, 5) is 18.4. The number of carbonyl (C=O) groups is 1. The van der Waals surface area contributed by atoms with E-state index in [0.717, 1.165) is 10.6 Å². The molecule has 2 atom stereocenters. The predicted molar refractivity (Wildman–Crippen MR) is 102 cm³/mol. The molecule has 7 nitrogen and oxygen atoms in total. The van der Waals surface area contributed by atoms with E-state index in [4.69, 9.17) is 15.3 Å². The van der Waals surface area contributed by atoms with Gasteiger partial charge in [0.2, 0.25) is 0 Å². The fourth-order valence-electron chi connectivity index (χ4n) is 3.21. The van der Waals surface area contributed by atoms with Gasteiger partial charge >= 0.3 is 0 Å². The molecule has 0 spiro atoms. The van der Waals surface area contributed by atoms with E-state index in [2.05, 4.69) is 6.07 Å². The number of carbonyl (C=O) groups excluding carboxylic acids is 1. The molecule has 0 fully saturated rings. The predicted octanol–water partition coefficient (Wildman–Crippen LogP) is 2.05. The molecule has 0 radical (unpaired) electrons. The maximum Gasteiger partial charge on any atom is 0.260 e. The molecular weight excluding hydrogens is 358 g/mol. The SMILES string of the molecule is CC1(C)Oc2ccc(C#N)cc2[C@H](N(OCc2ccccc2)C(=O)CN)[C@H]1O. The Morgan fingerprint density at radius 1 is 1.32 bits per heavy atom. The first-order valence-electron chi connectivity index (χ1n) is 8.97. The van der Waals surface area contributed by atoms with Gasteiger partial charge in [0.1, 0.15) is 30.1 Å². The minimum absolute atomic E-state index is 0.129. The Morgan fingerprint density at radius 2 is 2.04 bits per heavy atom. The maximum atomic E-state index is 12.6. The molecule has 2 aromatic rings. The zero-order chi connectivity index (χ0) is 20.3. The van der Waals surface area contributed by atoms with Crippen molar-refractivity contribution in [3.05, 3.63) is 65.2 Å². The number of amides is 1. The molecular formula is C21H23N3O4. The molecule has 1 amide bonds. The number of nitrogens with two attached hydrogens (primary N) is 1. The molecule has 1 heterocycles. The minimum Gasteiger partial charge on any atom is -0.485 e. The molecule has 0 unspecified atom stereocenters. The zero-order valence-corrected chi connectivity index (χ0v) is 15.8. The van der Waals surface area contributed by atoms with E-state index in [9.17, 15) is 15.2 Å². The van der Waals surface area contributed by atoms with Gasteiger partial charge in [-0.3, -0.25) is 9.63 Å². The first-order chi connectivity index (χ1) is 13.4. The average molecular weight is 381 g/mol.